The summed E-state index contributed by atoms with van der Waals surface area (Å²) < 4.78 is 34.3. The van der Waals surface area contributed by atoms with Gasteiger partial charge >= 0.3 is 19.8 Å². The Balaban J connectivity index is 1.51. The molecule has 0 saturated carbocycles. The lowest BCUT2D eigenvalue weighted by Crippen LogP contribution is -2.11. The second kappa shape index (κ2) is 16.5. The summed E-state index contributed by atoms with van der Waals surface area (Å²) >= 11 is 0. The van der Waals surface area contributed by atoms with Crippen LogP contribution in [0, 0.1) is 0 Å². The van der Waals surface area contributed by atoms with E-state index in [0.717, 1.165) is 11.1 Å². The Morgan fingerprint density at radius 1 is 0.596 bits per heavy atom. The van der Waals surface area contributed by atoms with E-state index in [1.54, 1.807) is 13.8 Å². The fourth-order valence-corrected chi connectivity index (χ4v) is 5.29. The van der Waals surface area contributed by atoms with Gasteiger partial charge in [-0.15, -0.1) is 0 Å². The van der Waals surface area contributed by atoms with Crippen molar-refractivity contribution in [2.24, 2.45) is 0 Å². The number of rotatable bonds is 16. The lowest BCUT2D eigenvalue weighted by molar-refractivity contribution is -0.134. The number of esters is 2. The lowest BCUT2D eigenvalue weighted by Gasteiger charge is -2.17. The maximum absolute atomic E-state index is 13.1. The highest BCUT2D eigenvalue weighted by molar-refractivity contribution is 7.48. The molecule has 11 heteroatoms. The maximum atomic E-state index is 13.1. The molecule has 0 amide bonds. The van der Waals surface area contributed by atoms with Crippen LogP contribution in [-0.4, -0.2) is 28.4 Å². The van der Waals surface area contributed by atoms with E-state index in [1.165, 1.54) is 36.4 Å². The quantitative estimate of drug-likeness (QED) is 0.0556. The van der Waals surface area contributed by atoms with E-state index in [9.17, 15) is 28.6 Å². The van der Waals surface area contributed by atoms with Crippen LogP contribution in [0.3, 0.4) is 0 Å². The van der Waals surface area contributed by atoms with Gasteiger partial charge in [-0.25, -0.2) is 4.57 Å². The second-order valence-corrected chi connectivity index (χ2v) is 11.7. The molecule has 47 heavy (non-hydrogen) atoms. The minimum Gasteiger partial charge on any atom is -0.426 e. The van der Waals surface area contributed by atoms with Gasteiger partial charge in [0.15, 0.2) is 11.6 Å². The third kappa shape index (κ3) is 10.5. The summed E-state index contributed by atoms with van der Waals surface area (Å²) in [5.74, 6) is -2.49. The second-order valence-electron chi connectivity index (χ2n) is 10.4. The molecule has 4 rings (SSSR count). The van der Waals surface area contributed by atoms with Crippen molar-refractivity contribution in [2.75, 3.05) is 0 Å². The zero-order chi connectivity index (χ0) is 33.8. The van der Waals surface area contributed by atoms with Gasteiger partial charge in [-0.2, -0.15) is 0 Å². The summed E-state index contributed by atoms with van der Waals surface area (Å²) in [7, 11) is -4.89. The molecular formula is C36H35O10P. The molecule has 0 bridgehead atoms. The fourth-order valence-electron chi connectivity index (χ4n) is 4.50. The highest BCUT2D eigenvalue weighted by Gasteiger charge is 2.28. The van der Waals surface area contributed by atoms with Gasteiger partial charge in [-0.05, 0) is 48.2 Å². The van der Waals surface area contributed by atoms with Crippen molar-refractivity contribution in [3.63, 3.8) is 0 Å². The summed E-state index contributed by atoms with van der Waals surface area (Å²) in [6, 6.07) is 26.4. The molecule has 4 aromatic rings. The molecule has 0 aliphatic heterocycles. The Morgan fingerprint density at radius 3 is 1.34 bits per heavy atom. The van der Waals surface area contributed by atoms with Crippen LogP contribution in [0.25, 0.3) is 0 Å². The number of aryl methyl sites for hydroxylation is 2. The van der Waals surface area contributed by atoms with E-state index < -0.39 is 19.8 Å². The van der Waals surface area contributed by atoms with Crippen molar-refractivity contribution in [3.05, 3.63) is 119 Å². The molecule has 0 aliphatic carbocycles. The van der Waals surface area contributed by atoms with E-state index in [2.05, 4.69) is 0 Å². The minimum absolute atomic E-state index is 0.0278. The van der Waals surface area contributed by atoms with Gasteiger partial charge in [0.05, 0.1) is 11.1 Å². The Hall–Kier alpha value is -5.05. The molecule has 0 heterocycles. The number of phosphoric ester groups is 1. The largest absolute Gasteiger partial charge is 0.584 e. The molecule has 0 aromatic heterocycles. The van der Waals surface area contributed by atoms with Crippen LogP contribution in [0.5, 0.6) is 23.0 Å². The van der Waals surface area contributed by atoms with E-state index >= 15 is 0 Å². The van der Waals surface area contributed by atoms with Crippen LogP contribution in [-0.2, 0) is 27.0 Å². The summed E-state index contributed by atoms with van der Waals surface area (Å²) in [6.07, 6.45) is 1.26. The molecule has 0 unspecified atom stereocenters. The molecular weight excluding hydrogens is 623 g/mol. The van der Waals surface area contributed by atoms with Gasteiger partial charge in [0, 0.05) is 37.8 Å². The highest BCUT2D eigenvalue weighted by Crippen LogP contribution is 2.46. The Labute approximate surface area is 272 Å². The highest BCUT2D eigenvalue weighted by atomic mass is 31.2. The summed E-state index contributed by atoms with van der Waals surface area (Å²) in [5.41, 5.74) is 2.14. The normalized spacial score (nSPS) is 11.0. The number of ketones is 2. The molecule has 10 nitrogen and oxygen atoms in total. The molecule has 0 atom stereocenters. The molecule has 244 valence electrons. The van der Waals surface area contributed by atoms with Crippen molar-refractivity contribution in [3.8, 4) is 23.0 Å². The lowest BCUT2D eigenvalue weighted by atomic mass is 10.0. The summed E-state index contributed by atoms with van der Waals surface area (Å²) in [4.78, 5) is 60.9. The smallest absolute Gasteiger partial charge is 0.426 e. The zero-order valence-electron chi connectivity index (χ0n) is 26.0. The number of carbonyl (C=O) groups excluding carboxylic acids is 4. The zero-order valence-corrected chi connectivity index (χ0v) is 26.9. The SMILES string of the molecule is CCC(=O)Oc1cc(OP(=O)(O)Oc2ccc(C(=O)CCc3ccccc3)c(OC(=O)CC)c2)ccc1C(=O)CCc1ccccc1. The van der Waals surface area contributed by atoms with Gasteiger partial charge in [0.25, 0.3) is 0 Å². The standard InChI is InChI=1S/C36H35O10P/c1-3-35(39)43-33-23-27(17-19-29(33)31(37)21-15-25-11-7-5-8-12-25)45-47(41,42)46-28-18-20-30(34(24-28)44-36(40)4-2)32(38)22-16-26-13-9-6-10-14-26/h5-14,17-20,23-24H,3-4,15-16,21-22H2,1-2H3,(H,41,42). The van der Waals surface area contributed by atoms with Crippen LogP contribution >= 0.6 is 7.82 Å². The van der Waals surface area contributed by atoms with Crippen molar-refractivity contribution in [2.45, 2.75) is 52.4 Å². The third-order valence-electron chi connectivity index (χ3n) is 6.94. The van der Waals surface area contributed by atoms with E-state index in [0.29, 0.717) is 12.8 Å². The topological polar surface area (TPSA) is 142 Å². The van der Waals surface area contributed by atoms with Gasteiger partial charge in [0.2, 0.25) is 0 Å². The number of phosphoric acid groups is 1. The predicted molar refractivity (Wildman–Crippen MR) is 174 cm³/mol. The number of hydrogen-bond donors (Lipinski definition) is 1. The van der Waals surface area contributed by atoms with Gasteiger partial charge < -0.3 is 18.5 Å². The number of benzene rings is 4. The van der Waals surface area contributed by atoms with E-state index in [4.69, 9.17) is 18.5 Å². The first-order chi connectivity index (χ1) is 22.6. The average Bonchev–Trinajstić information content (AvgIpc) is 3.06. The van der Waals surface area contributed by atoms with Crippen molar-refractivity contribution >= 4 is 31.3 Å². The molecule has 4 aromatic carbocycles. The van der Waals surface area contributed by atoms with Crippen LogP contribution in [0.1, 0.15) is 71.4 Å². The molecule has 0 radical (unpaired) electrons. The Bertz CT molecular complexity index is 1640. The predicted octanol–water partition coefficient (Wildman–Crippen LogP) is 7.51. The molecule has 1 N–H and O–H groups in total. The summed E-state index contributed by atoms with van der Waals surface area (Å²) in [6.45, 7) is 3.17. The van der Waals surface area contributed by atoms with Gasteiger partial charge in [-0.3, -0.25) is 24.1 Å². The number of carbonyl (C=O) groups is 4. The molecule has 0 aliphatic rings. The van der Waals surface area contributed by atoms with Crippen molar-refractivity contribution < 1.29 is 47.2 Å². The fraction of sp³-hybridized carbons (Fsp3) is 0.222. The summed E-state index contributed by atoms with van der Waals surface area (Å²) in [5, 5.41) is 0. The van der Waals surface area contributed by atoms with Gasteiger partial charge in [0.1, 0.15) is 23.0 Å². The monoisotopic (exact) mass is 658 g/mol. The maximum Gasteiger partial charge on any atom is 0.584 e. The van der Waals surface area contributed by atoms with E-state index in [-0.39, 0.29) is 71.4 Å². The number of hydrogen-bond acceptors (Lipinski definition) is 9. The molecule has 0 spiro atoms. The molecule has 0 fully saturated rings. The Kier molecular flexibility index (Phi) is 12.2. The number of Topliss-reactive ketones (excluding diaryl/α,β-unsaturated/α-hetero) is 2. The van der Waals surface area contributed by atoms with Crippen LogP contribution in [0.4, 0.5) is 0 Å². The number of ether oxygens (including phenoxy) is 2. The van der Waals surface area contributed by atoms with Crippen molar-refractivity contribution in [1.29, 1.82) is 0 Å². The first kappa shape index (κ1) is 34.8. The van der Waals surface area contributed by atoms with Crippen LogP contribution < -0.4 is 18.5 Å². The third-order valence-corrected chi connectivity index (χ3v) is 7.82. The van der Waals surface area contributed by atoms with Crippen LogP contribution in [0.15, 0.2) is 97.1 Å². The first-order valence-electron chi connectivity index (χ1n) is 15.1. The van der Waals surface area contributed by atoms with Crippen LogP contribution in [0.2, 0.25) is 0 Å². The van der Waals surface area contributed by atoms with Gasteiger partial charge in [-0.1, -0.05) is 74.5 Å². The first-order valence-corrected chi connectivity index (χ1v) is 16.6. The van der Waals surface area contributed by atoms with Crippen molar-refractivity contribution in [1.82, 2.24) is 0 Å². The molecule has 0 saturated heterocycles. The van der Waals surface area contributed by atoms with E-state index in [1.807, 2.05) is 60.7 Å². The average molecular weight is 659 g/mol. The Morgan fingerprint density at radius 2 is 0.979 bits per heavy atom. The minimum atomic E-state index is -4.89.